The second-order valence-electron chi connectivity index (χ2n) is 1.56. The van der Waals surface area contributed by atoms with Gasteiger partial charge in [0.15, 0.2) is 0 Å². The molecule has 0 aromatic carbocycles. The summed E-state index contributed by atoms with van der Waals surface area (Å²) in [4.78, 5) is 2.12. The van der Waals surface area contributed by atoms with Crippen molar-refractivity contribution < 1.29 is 0 Å². The molecule has 0 spiro atoms. The second kappa shape index (κ2) is 1.82. The van der Waals surface area contributed by atoms with Crippen molar-refractivity contribution in [1.82, 2.24) is 4.90 Å². The molecule has 0 amide bonds. The fourth-order valence-corrected chi connectivity index (χ4v) is 0.396. The van der Waals surface area contributed by atoms with Crippen LogP contribution in [0.3, 0.4) is 0 Å². The Hall–Kier alpha value is -0.720. The third-order valence-electron chi connectivity index (χ3n) is 0.912. The summed E-state index contributed by atoms with van der Waals surface area (Å²) in [6.07, 6.45) is 8.29. The molecule has 0 N–H and O–H groups in total. The van der Waals surface area contributed by atoms with Crippen LogP contribution in [0.5, 0.6) is 0 Å². The first-order chi connectivity index (χ1) is 3.43. The largest absolute Gasteiger partial charge is 0.348 e. The minimum Gasteiger partial charge on any atom is -0.348 e. The number of hydrogen-bond acceptors (Lipinski definition) is 1. The highest BCUT2D eigenvalue weighted by atomic mass is 15.2. The summed E-state index contributed by atoms with van der Waals surface area (Å²) in [5.41, 5.74) is 0. The Kier molecular flexibility index (Phi) is 1.16. The summed E-state index contributed by atoms with van der Waals surface area (Å²) in [5, 5.41) is 0. The van der Waals surface area contributed by atoms with Crippen LogP contribution >= 0.6 is 0 Å². The smallest absolute Gasteiger partial charge is 0.0401 e. The topological polar surface area (TPSA) is 3.01 Å². The van der Waals surface area contributed by atoms with Crippen molar-refractivity contribution in [2.45, 2.75) is 6.92 Å². The molecule has 1 rings (SSSR count). The van der Waals surface area contributed by atoms with E-state index in [1.54, 1.807) is 0 Å². The van der Waals surface area contributed by atoms with Gasteiger partial charge in [0.2, 0.25) is 0 Å². The molecule has 0 fully saturated rings. The van der Waals surface area contributed by atoms with Crippen LogP contribution in [-0.4, -0.2) is 11.4 Å². The van der Waals surface area contributed by atoms with Gasteiger partial charge in [0, 0.05) is 18.9 Å². The lowest BCUT2D eigenvalue weighted by molar-refractivity contribution is 0.682. The van der Waals surface area contributed by atoms with E-state index in [-0.39, 0.29) is 0 Å². The standard InChI is InChI=1S/C6H9N/c1-2-3-4-7-5-6-7/h2-3,5-6H,4H2,1H3/b3-2-. The highest BCUT2D eigenvalue weighted by molar-refractivity contribution is 5.04. The quantitative estimate of drug-likeness (QED) is 0.468. The Morgan fingerprint density at radius 3 is 2.71 bits per heavy atom. The molecule has 1 aliphatic heterocycles. The molecular formula is C6H9N. The van der Waals surface area contributed by atoms with Crippen LogP contribution < -0.4 is 0 Å². The lowest BCUT2D eigenvalue weighted by Crippen LogP contribution is -1.91. The lowest BCUT2D eigenvalue weighted by atomic mass is 10.5. The van der Waals surface area contributed by atoms with Crippen molar-refractivity contribution in [3.05, 3.63) is 24.6 Å². The first kappa shape index (κ1) is 4.44. The van der Waals surface area contributed by atoms with Crippen molar-refractivity contribution in [2.24, 2.45) is 0 Å². The van der Waals surface area contributed by atoms with Crippen molar-refractivity contribution in [2.75, 3.05) is 6.54 Å². The summed E-state index contributed by atoms with van der Waals surface area (Å²) >= 11 is 0. The molecule has 38 valence electrons. The van der Waals surface area contributed by atoms with Crippen LogP contribution in [0, 0.1) is 0 Å². The third-order valence-corrected chi connectivity index (χ3v) is 0.912. The van der Waals surface area contributed by atoms with Gasteiger partial charge in [0.05, 0.1) is 0 Å². The van der Waals surface area contributed by atoms with Gasteiger partial charge in [-0.05, 0) is 6.92 Å². The Morgan fingerprint density at radius 1 is 1.57 bits per heavy atom. The fourth-order valence-electron chi connectivity index (χ4n) is 0.396. The zero-order valence-corrected chi connectivity index (χ0v) is 4.46. The van der Waals surface area contributed by atoms with E-state index in [9.17, 15) is 0 Å². The molecule has 1 nitrogen and oxygen atoms in total. The van der Waals surface area contributed by atoms with E-state index < -0.39 is 0 Å². The van der Waals surface area contributed by atoms with Gasteiger partial charge in [-0.2, -0.15) is 0 Å². The van der Waals surface area contributed by atoms with Gasteiger partial charge < -0.3 is 4.90 Å². The molecule has 1 heterocycles. The Bertz CT molecular complexity index is 96.7. The zero-order valence-electron chi connectivity index (χ0n) is 4.46. The zero-order chi connectivity index (χ0) is 5.11. The number of rotatable bonds is 2. The third kappa shape index (κ3) is 1.44. The van der Waals surface area contributed by atoms with Gasteiger partial charge in [-0.1, -0.05) is 12.2 Å². The van der Waals surface area contributed by atoms with Crippen molar-refractivity contribution in [3.63, 3.8) is 0 Å². The average Bonchev–Trinajstić information content (AvgIpc) is 2.42. The Balaban J connectivity index is 2.00. The maximum absolute atomic E-state index is 2.12. The molecule has 7 heavy (non-hydrogen) atoms. The van der Waals surface area contributed by atoms with E-state index in [1.165, 1.54) is 0 Å². The summed E-state index contributed by atoms with van der Waals surface area (Å²) in [6.45, 7) is 3.08. The van der Waals surface area contributed by atoms with Crippen molar-refractivity contribution >= 4 is 0 Å². The van der Waals surface area contributed by atoms with Crippen LogP contribution in [0.1, 0.15) is 6.92 Å². The molecule has 0 aromatic heterocycles. The summed E-state index contributed by atoms with van der Waals surface area (Å²) in [5.74, 6) is 0. The van der Waals surface area contributed by atoms with E-state index in [2.05, 4.69) is 29.5 Å². The van der Waals surface area contributed by atoms with E-state index in [0.717, 1.165) is 6.54 Å². The molecule has 0 atom stereocenters. The van der Waals surface area contributed by atoms with Crippen LogP contribution in [0.15, 0.2) is 24.6 Å². The lowest BCUT2D eigenvalue weighted by Gasteiger charge is -1.90. The first-order valence-electron chi connectivity index (χ1n) is 2.48. The van der Waals surface area contributed by atoms with Crippen molar-refractivity contribution in [3.8, 4) is 0 Å². The van der Waals surface area contributed by atoms with E-state index in [4.69, 9.17) is 0 Å². The molecule has 0 aliphatic carbocycles. The average molecular weight is 95.1 g/mol. The molecule has 0 radical (unpaired) electrons. The minimum atomic E-state index is 1.05. The number of nitrogens with zero attached hydrogens (tertiary/aromatic N) is 1. The van der Waals surface area contributed by atoms with Crippen LogP contribution in [0.25, 0.3) is 0 Å². The normalized spacial score (nSPS) is 16.4. The molecule has 0 saturated heterocycles. The molecule has 1 aliphatic rings. The first-order valence-corrected chi connectivity index (χ1v) is 2.48. The molecule has 0 saturated carbocycles. The van der Waals surface area contributed by atoms with Gasteiger partial charge in [-0.15, -0.1) is 0 Å². The summed E-state index contributed by atoms with van der Waals surface area (Å²) < 4.78 is 0. The molecule has 0 aromatic rings. The maximum Gasteiger partial charge on any atom is 0.0401 e. The van der Waals surface area contributed by atoms with Gasteiger partial charge in [0.25, 0.3) is 0 Å². The van der Waals surface area contributed by atoms with Gasteiger partial charge in [-0.3, -0.25) is 0 Å². The predicted octanol–water partition coefficient (Wildman–Crippen LogP) is 1.35. The number of allylic oxidation sites excluding steroid dienone is 1. The maximum atomic E-state index is 2.12. The van der Waals surface area contributed by atoms with Crippen molar-refractivity contribution in [1.29, 1.82) is 0 Å². The predicted molar refractivity (Wildman–Crippen MR) is 30.7 cm³/mol. The molecular weight excluding hydrogens is 86.1 g/mol. The van der Waals surface area contributed by atoms with E-state index in [0.29, 0.717) is 0 Å². The summed E-state index contributed by atoms with van der Waals surface area (Å²) in [6, 6.07) is 0. The monoisotopic (exact) mass is 95.1 g/mol. The van der Waals surface area contributed by atoms with Gasteiger partial charge in [0.1, 0.15) is 0 Å². The highest BCUT2D eigenvalue weighted by Gasteiger charge is 1.98. The van der Waals surface area contributed by atoms with Crippen LogP contribution in [0.4, 0.5) is 0 Å². The molecule has 0 bridgehead atoms. The fraction of sp³-hybridized carbons (Fsp3) is 0.333. The Labute approximate surface area is 43.9 Å². The van der Waals surface area contributed by atoms with E-state index in [1.807, 2.05) is 6.92 Å². The van der Waals surface area contributed by atoms with E-state index >= 15 is 0 Å². The molecule has 1 heteroatoms. The van der Waals surface area contributed by atoms with Gasteiger partial charge >= 0.3 is 0 Å². The highest BCUT2D eigenvalue weighted by Crippen LogP contribution is 2.03. The second-order valence-corrected chi connectivity index (χ2v) is 1.56. The minimum absolute atomic E-state index is 1.05. The molecule has 0 unspecified atom stereocenters. The van der Waals surface area contributed by atoms with Gasteiger partial charge in [-0.25, -0.2) is 0 Å². The van der Waals surface area contributed by atoms with Crippen LogP contribution in [0.2, 0.25) is 0 Å². The van der Waals surface area contributed by atoms with Crippen LogP contribution in [-0.2, 0) is 0 Å². The Morgan fingerprint density at radius 2 is 2.29 bits per heavy atom. The number of hydrogen-bond donors (Lipinski definition) is 0. The SMILES string of the molecule is C/C=C\CN1C=C1. The summed E-state index contributed by atoms with van der Waals surface area (Å²) in [7, 11) is 0.